The summed E-state index contributed by atoms with van der Waals surface area (Å²) in [5.74, 6) is 0.132. The van der Waals surface area contributed by atoms with E-state index in [2.05, 4.69) is 0 Å². The quantitative estimate of drug-likeness (QED) is 0.502. The fourth-order valence-electron chi connectivity index (χ4n) is 4.20. The molecule has 3 N–H and O–H groups in total. The lowest BCUT2D eigenvalue weighted by Gasteiger charge is -2.42. The van der Waals surface area contributed by atoms with Gasteiger partial charge in [-0.3, -0.25) is 0 Å². The van der Waals surface area contributed by atoms with E-state index in [9.17, 15) is 20.1 Å². The molecule has 3 atom stereocenters. The first-order valence-electron chi connectivity index (χ1n) is 10.7. The summed E-state index contributed by atoms with van der Waals surface area (Å²) < 4.78 is 11.4. The van der Waals surface area contributed by atoms with Crippen molar-refractivity contribution in [1.82, 2.24) is 4.90 Å². The molecule has 3 rings (SSSR count). The first-order valence-corrected chi connectivity index (χ1v) is 10.7. The van der Waals surface area contributed by atoms with E-state index in [1.807, 2.05) is 54.6 Å². The maximum Gasteiger partial charge on any atom is 0.407 e. The summed E-state index contributed by atoms with van der Waals surface area (Å²) in [5, 5.41) is 28.9. The third kappa shape index (κ3) is 6.43. The lowest BCUT2D eigenvalue weighted by Crippen LogP contribution is -2.49. The SMILES string of the molecule is O=C(O)N1C[C@@H](CO)C(c2ccc(OCCCOCc3ccccc3)cc2)[C@@H](CO)C1. The Kier molecular flexibility index (Phi) is 8.70. The van der Waals surface area contributed by atoms with Gasteiger partial charge >= 0.3 is 6.09 Å². The number of likely N-dealkylation sites (tertiary alicyclic amines) is 1. The number of rotatable bonds is 10. The van der Waals surface area contributed by atoms with Crippen LogP contribution in [0.15, 0.2) is 54.6 Å². The van der Waals surface area contributed by atoms with Gasteiger partial charge < -0.3 is 29.7 Å². The highest BCUT2D eigenvalue weighted by molar-refractivity contribution is 5.65. The van der Waals surface area contributed by atoms with Crippen molar-refractivity contribution in [1.29, 1.82) is 0 Å². The number of amides is 1. The van der Waals surface area contributed by atoms with Gasteiger partial charge in [-0.1, -0.05) is 42.5 Å². The number of benzene rings is 2. The van der Waals surface area contributed by atoms with E-state index in [0.717, 1.165) is 23.3 Å². The molecule has 1 aliphatic heterocycles. The molecule has 1 saturated heterocycles. The summed E-state index contributed by atoms with van der Waals surface area (Å²) in [5.41, 5.74) is 2.12. The molecule has 2 aromatic carbocycles. The number of hydrogen-bond donors (Lipinski definition) is 3. The molecule has 0 bridgehead atoms. The average molecular weight is 430 g/mol. The molecule has 1 amide bonds. The highest BCUT2D eigenvalue weighted by atomic mass is 16.5. The Bertz CT molecular complexity index is 783. The van der Waals surface area contributed by atoms with E-state index in [1.165, 1.54) is 4.90 Å². The van der Waals surface area contributed by atoms with Crippen molar-refractivity contribution in [2.75, 3.05) is 39.5 Å². The Morgan fingerprint density at radius 1 is 0.935 bits per heavy atom. The van der Waals surface area contributed by atoms with Crippen LogP contribution in [0.3, 0.4) is 0 Å². The van der Waals surface area contributed by atoms with Crippen LogP contribution >= 0.6 is 0 Å². The van der Waals surface area contributed by atoms with Gasteiger partial charge in [0.15, 0.2) is 0 Å². The van der Waals surface area contributed by atoms with Crippen LogP contribution in [0.4, 0.5) is 4.79 Å². The molecule has 7 heteroatoms. The van der Waals surface area contributed by atoms with Crippen LogP contribution in [0.2, 0.25) is 0 Å². The van der Waals surface area contributed by atoms with Gasteiger partial charge in [-0.15, -0.1) is 0 Å². The van der Waals surface area contributed by atoms with Gasteiger partial charge in [-0.05, 0) is 29.2 Å². The molecule has 0 aromatic heterocycles. The lowest BCUT2D eigenvalue weighted by atomic mass is 9.74. The molecular weight excluding hydrogens is 398 g/mol. The number of carboxylic acid groups (broad SMARTS) is 1. The Labute approximate surface area is 182 Å². The molecule has 1 heterocycles. The van der Waals surface area contributed by atoms with Crippen LogP contribution in [-0.4, -0.2) is 65.8 Å². The lowest BCUT2D eigenvalue weighted by molar-refractivity contribution is 0.0387. The Morgan fingerprint density at radius 2 is 1.58 bits per heavy atom. The topological polar surface area (TPSA) is 99.5 Å². The minimum Gasteiger partial charge on any atom is -0.494 e. The molecule has 2 aromatic rings. The second-order valence-electron chi connectivity index (χ2n) is 7.91. The van der Waals surface area contributed by atoms with Crippen LogP contribution in [0.1, 0.15) is 23.5 Å². The predicted molar refractivity (Wildman–Crippen MR) is 116 cm³/mol. The van der Waals surface area contributed by atoms with Crippen molar-refractivity contribution in [2.45, 2.75) is 18.9 Å². The predicted octanol–water partition coefficient (Wildman–Crippen LogP) is 2.97. The smallest absolute Gasteiger partial charge is 0.407 e. The number of hydrogen-bond acceptors (Lipinski definition) is 5. The highest BCUT2D eigenvalue weighted by Gasteiger charge is 2.38. The number of aliphatic hydroxyl groups is 2. The van der Waals surface area contributed by atoms with Crippen molar-refractivity contribution < 1.29 is 29.6 Å². The minimum absolute atomic E-state index is 0.106. The number of nitrogens with zero attached hydrogens (tertiary/aromatic N) is 1. The number of aliphatic hydroxyl groups excluding tert-OH is 2. The van der Waals surface area contributed by atoms with Gasteiger partial charge in [-0.25, -0.2) is 4.79 Å². The molecule has 1 unspecified atom stereocenters. The summed E-state index contributed by atoms with van der Waals surface area (Å²) >= 11 is 0. The summed E-state index contributed by atoms with van der Waals surface area (Å²) in [6.45, 7) is 2.00. The Morgan fingerprint density at radius 3 is 2.16 bits per heavy atom. The molecular formula is C24H31NO6. The van der Waals surface area contributed by atoms with Gasteiger partial charge in [0.1, 0.15) is 5.75 Å². The second-order valence-corrected chi connectivity index (χ2v) is 7.91. The third-order valence-electron chi connectivity index (χ3n) is 5.74. The van der Waals surface area contributed by atoms with E-state index < -0.39 is 6.09 Å². The maximum atomic E-state index is 11.3. The zero-order valence-electron chi connectivity index (χ0n) is 17.6. The van der Waals surface area contributed by atoms with Gasteiger partial charge in [0.25, 0.3) is 0 Å². The molecule has 168 valence electrons. The fraction of sp³-hybridized carbons (Fsp3) is 0.458. The third-order valence-corrected chi connectivity index (χ3v) is 5.74. The molecule has 1 aliphatic rings. The van der Waals surface area contributed by atoms with E-state index >= 15 is 0 Å². The summed E-state index contributed by atoms with van der Waals surface area (Å²) in [6, 6.07) is 17.7. The second kappa shape index (κ2) is 11.7. The molecule has 0 radical (unpaired) electrons. The van der Waals surface area contributed by atoms with E-state index in [-0.39, 0.29) is 44.1 Å². The largest absolute Gasteiger partial charge is 0.494 e. The Balaban J connectivity index is 1.48. The molecule has 0 spiro atoms. The van der Waals surface area contributed by atoms with Crippen LogP contribution in [0.5, 0.6) is 5.75 Å². The van der Waals surface area contributed by atoms with Crippen molar-refractivity contribution in [3.05, 3.63) is 65.7 Å². The van der Waals surface area contributed by atoms with Crippen LogP contribution in [0, 0.1) is 11.8 Å². The van der Waals surface area contributed by atoms with E-state index in [1.54, 1.807) is 0 Å². The van der Waals surface area contributed by atoms with Crippen molar-refractivity contribution >= 4 is 6.09 Å². The van der Waals surface area contributed by atoms with Gasteiger partial charge in [-0.2, -0.15) is 0 Å². The molecule has 0 saturated carbocycles. The highest BCUT2D eigenvalue weighted by Crippen LogP contribution is 2.37. The number of piperidine rings is 1. The zero-order valence-corrected chi connectivity index (χ0v) is 17.6. The van der Waals surface area contributed by atoms with Crippen LogP contribution < -0.4 is 4.74 Å². The summed E-state index contributed by atoms with van der Waals surface area (Å²) in [6.07, 6.45) is -0.242. The molecule has 7 nitrogen and oxygen atoms in total. The van der Waals surface area contributed by atoms with E-state index in [0.29, 0.717) is 19.8 Å². The van der Waals surface area contributed by atoms with Gasteiger partial charge in [0, 0.05) is 44.6 Å². The van der Waals surface area contributed by atoms with Gasteiger partial charge in [0.2, 0.25) is 0 Å². The molecule has 31 heavy (non-hydrogen) atoms. The van der Waals surface area contributed by atoms with Crippen LogP contribution in [0.25, 0.3) is 0 Å². The average Bonchev–Trinajstić information content (AvgIpc) is 2.81. The summed E-state index contributed by atoms with van der Waals surface area (Å²) in [4.78, 5) is 12.6. The van der Waals surface area contributed by atoms with Crippen molar-refractivity contribution in [2.24, 2.45) is 11.8 Å². The minimum atomic E-state index is -1.02. The monoisotopic (exact) mass is 429 g/mol. The fourth-order valence-corrected chi connectivity index (χ4v) is 4.20. The first-order chi connectivity index (χ1) is 15.1. The first kappa shape index (κ1) is 23.1. The number of ether oxygens (including phenoxy) is 2. The zero-order chi connectivity index (χ0) is 22.1. The number of carbonyl (C=O) groups is 1. The van der Waals surface area contributed by atoms with Crippen molar-refractivity contribution in [3.8, 4) is 5.75 Å². The maximum absolute atomic E-state index is 11.3. The normalized spacial score (nSPS) is 21.1. The van der Waals surface area contributed by atoms with E-state index in [4.69, 9.17) is 9.47 Å². The molecule has 1 fully saturated rings. The molecule has 0 aliphatic carbocycles. The standard InChI is InChI=1S/C24H31NO6/c26-15-20-13-25(24(28)29)14-21(16-27)23(20)19-7-9-22(10-8-19)31-12-4-11-30-17-18-5-2-1-3-6-18/h1-3,5-10,20-21,23,26-27H,4,11-17H2,(H,28,29)/t20-,21+,23?. The summed E-state index contributed by atoms with van der Waals surface area (Å²) in [7, 11) is 0. The van der Waals surface area contributed by atoms with Gasteiger partial charge in [0.05, 0.1) is 19.8 Å². The Hall–Kier alpha value is -2.61. The van der Waals surface area contributed by atoms with Crippen molar-refractivity contribution in [3.63, 3.8) is 0 Å². The van der Waals surface area contributed by atoms with Crippen LogP contribution in [-0.2, 0) is 11.3 Å².